The molecule has 2 saturated heterocycles. The summed E-state index contributed by atoms with van der Waals surface area (Å²) in [6.45, 7) is 3.02. The van der Waals surface area contributed by atoms with Crippen molar-refractivity contribution in [1.82, 2.24) is 0 Å². The van der Waals surface area contributed by atoms with E-state index in [0.717, 1.165) is 36.5 Å². The normalized spacial score (nSPS) is 38.5. The Kier molecular flexibility index (Phi) is 4.39. The van der Waals surface area contributed by atoms with Gasteiger partial charge in [0.1, 0.15) is 36.9 Å². The molecular formula is C28H32O4. The van der Waals surface area contributed by atoms with E-state index in [-0.39, 0.29) is 23.0 Å². The lowest BCUT2D eigenvalue weighted by Crippen LogP contribution is -2.56. The zero-order valence-electron chi connectivity index (χ0n) is 18.6. The first-order valence-electron chi connectivity index (χ1n) is 12.4. The molecule has 6 fully saturated rings. The van der Waals surface area contributed by atoms with Gasteiger partial charge in [-0.15, -0.1) is 0 Å². The Balaban J connectivity index is 1.25. The Morgan fingerprint density at radius 1 is 0.688 bits per heavy atom. The first-order valence-corrected chi connectivity index (χ1v) is 12.4. The predicted molar refractivity (Wildman–Crippen MR) is 121 cm³/mol. The lowest BCUT2D eigenvalue weighted by Gasteiger charge is -2.63. The second kappa shape index (κ2) is 7.23. The molecule has 4 heteroatoms. The van der Waals surface area contributed by atoms with Crippen LogP contribution in [0.4, 0.5) is 0 Å². The van der Waals surface area contributed by atoms with Gasteiger partial charge in [-0.2, -0.15) is 0 Å². The van der Waals surface area contributed by atoms with Crippen LogP contribution in [0.3, 0.4) is 0 Å². The summed E-state index contributed by atoms with van der Waals surface area (Å²) in [5.41, 5.74) is 3.28. The maximum absolute atomic E-state index is 6.32. The summed E-state index contributed by atoms with van der Waals surface area (Å²) in [4.78, 5) is 0. The van der Waals surface area contributed by atoms with Gasteiger partial charge in [0, 0.05) is 22.0 Å². The lowest BCUT2D eigenvalue weighted by molar-refractivity contribution is -0.0301. The van der Waals surface area contributed by atoms with Crippen molar-refractivity contribution in [3.63, 3.8) is 0 Å². The Bertz CT molecular complexity index is 916. The van der Waals surface area contributed by atoms with Gasteiger partial charge in [-0.1, -0.05) is 36.4 Å². The highest BCUT2D eigenvalue weighted by atomic mass is 16.6. The molecule has 2 aromatic rings. The van der Waals surface area contributed by atoms with Gasteiger partial charge in [-0.3, -0.25) is 0 Å². The minimum Gasteiger partial charge on any atom is -0.490 e. The fourth-order valence-corrected chi connectivity index (χ4v) is 7.65. The number of para-hydroxylation sites is 2. The summed E-state index contributed by atoms with van der Waals surface area (Å²) in [6.07, 6.45) is 8.34. The number of benzene rings is 2. The van der Waals surface area contributed by atoms with Gasteiger partial charge < -0.3 is 18.9 Å². The van der Waals surface area contributed by atoms with Crippen molar-refractivity contribution >= 4 is 0 Å². The van der Waals surface area contributed by atoms with Gasteiger partial charge in [-0.25, -0.2) is 0 Å². The quantitative estimate of drug-likeness (QED) is 0.549. The predicted octanol–water partition coefficient (Wildman–Crippen LogP) is 5.03. The van der Waals surface area contributed by atoms with Crippen molar-refractivity contribution in [3.05, 3.63) is 59.7 Å². The monoisotopic (exact) mass is 432 g/mol. The fourth-order valence-electron chi connectivity index (χ4n) is 7.65. The van der Waals surface area contributed by atoms with Crippen LogP contribution < -0.4 is 9.47 Å². The van der Waals surface area contributed by atoms with Crippen LogP contribution in [0.2, 0.25) is 0 Å². The molecule has 8 rings (SSSR count). The first kappa shape index (κ1) is 19.4. The minimum atomic E-state index is 0.206. The van der Waals surface area contributed by atoms with Crippen LogP contribution in [0.15, 0.2) is 48.5 Å². The summed E-state index contributed by atoms with van der Waals surface area (Å²) >= 11 is 0. The molecule has 4 bridgehead atoms. The molecule has 0 amide bonds. The SMILES string of the molecule is c1ccc(C23CC4CC(C2)CC(c2ccccc2OCC2CO2)(C4)C3)c(OCC2CO2)c1. The topological polar surface area (TPSA) is 43.5 Å². The largest absolute Gasteiger partial charge is 0.490 e. The first-order chi connectivity index (χ1) is 15.7. The third-order valence-electron chi connectivity index (χ3n) is 8.63. The third-order valence-corrected chi connectivity index (χ3v) is 8.63. The van der Waals surface area contributed by atoms with E-state index in [1.54, 1.807) is 0 Å². The summed E-state index contributed by atoms with van der Waals surface area (Å²) in [6, 6.07) is 17.7. The highest BCUT2D eigenvalue weighted by Crippen LogP contribution is 2.67. The van der Waals surface area contributed by atoms with E-state index in [1.165, 1.54) is 49.7 Å². The third kappa shape index (κ3) is 3.34. The van der Waals surface area contributed by atoms with Gasteiger partial charge >= 0.3 is 0 Å². The van der Waals surface area contributed by atoms with E-state index in [0.29, 0.717) is 13.2 Å². The highest BCUT2D eigenvalue weighted by molar-refractivity contribution is 5.47. The molecule has 2 aromatic carbocycles. The average molecular weight is 433 g/mol. The molecular weight excluding hydrogens is 400 g/mol. The van der Waals surface area contributed by atoms with Gasteiger partial charge in [0.25, 0.3) is 0 Å². The van der Waals surface area contributed by atoms with Crippen LogP contribution in [0.25, 0.3) is 0 Å². The molecule has 32 heavy (non-hydrogen) atoms. The average Bonchev–Trinajstić information content (AvgIpc) is 3.71. The van der Waals surface area contributed by atoms with Crippen molar-refractivity contribution in [1.29, 1.82) is 0 Å². The molecule has 0 radical (unpaired) electrons. The van der Waals surface area contributed by atoms with Gasteiger partial charge in [0.2, 0.25) is 0 Å². The molecule has 6 aliphatic rings. The molecule has 2 atom stereocenters. The number of ether oxygens (including phenoxy) is 4. The Morgan fingerprint density at radius 3 is 1.56 bits per heavy atom. The van der Waals surface area contributed by atoms with Crippen LogP contribution in [0, 0.1) is 11.8 Å². The summed E-state index contributed by atoms with van der Waals surface area (Å²) in [7, 11) is 0. The van der Waals surface area contributed by atoms with Crippen LogP contribution >= 0.6 is 0 Å². The van der Waals surface area contributed by atoms with E-state index < -0.39 is 0 Å². The summed E-state index contributed by atoms with van der Waals surface area (Å²) < 4.78 is 23.4. The van der Waals surface area contributed by atoms with E-state index in [2.05, 4.69) is 48.5 Å². The molecule has 4 aliphatic carbocycles. The smallest absolute Gasteiger partial charge is 0.123 e. The van der Waals surface area contributed by atoms with Gasteiger partial charge in [0.05, 0.1) is 13.2 Å². The maximum atomic E-state index is 6.32. The Hall–Kier alpha value is -2.04. The van der Waals surface area contributed by atoms with Gasteiger partial charge in [-0.05, 0) is 62.5 Å². The van der Waals surface area contributed by atoms with Crippen molar-refractivity contribution < 1.29 is 18.9 Å². The van der Waals surface area contributed by atoms with Crippen LogP contribution in [0.5, 0.6) is 11.5 Å². The Morgan fingerprint density at radius 2 is 1.12 bits per heavy atom. The van der Waals surface area contributed by atoms with Crippen molar-refractivity contribution in [2.45, 2.75) is 61.6 Å². The molecule has 4 nitrogen and oxygen atoms in total. The van der Waals surface area contributed by atoms with Crippen LogP contribution in [-0.4, -0.2) is 38.6 Å². The summed E-state index contributed by atoms with van der Waals surface area (Å²) in [5.74, 6) is 3.73. The van der Waals surface area contributed by atoms with E-state index >= 15 is 0 Å². The molecule has 4 saturated carbocycles. The molecule has 2 unspecified atom stereocenters. The zero-order valence-corrected chi connectivity index (χ0v) is 18.6. The van der Waals surface area contributed by atoms with Crippen molar-refractivity contribution in [2.75, 3.05) is 26.4 Å². The van der Waals surface area contributed by atoms with E-state index in [9.17, 15) is 0 Å². The zero-order chi connectivity index (χ0) is 21.2. The van der Waals surface area contributed by atoms with Crippen LogP contribution in [-0.2, 0) is 20.3 Å². The molecule has 2 aliphatic heterocycles. The molecule has 0 spiro atoms. The molecule has 2 heterocycles. The van der Waals surface area contributed by atoms with Gasteiger partial charge in [0.15, 0.2) is 0 Å². The van der Waals surface area contributed by atoms with Crippen LogP contribution in [0.1, 0.15) is 49.7 Å². The molecule has 168 valence electrons. The maximum Gasteiger partial charge on any atom is 0.123 e. The second-order valence-corrected chi connectivity index (χ2v) is 11.0. The molecule has 0 aromatic heterocycles. The number of rotatable bonds is 8. The number of epoxide rings is 2. The summed E-state index contributed by atoms with van der Waals surface area (Å²) in [5, 5.41) is 0. The molecule has 0 N–H and O–H groups in total. The fraction of sp³-hybridized carbons (Fsp3) is 0.571. The van der Waals surface area contributed by atoms with Crippen molar-refractivity contribution in [3.8, 4) is 11.5 Å². The Labute approximate surface area is 190 Å². The standard InChI is InChI=1S/C28H32O4/c1-3-7-25(31-16-21-14-29-21)23(5-1)27-10-19-9-20(11-27)13-28(12-19,18-27)24-6-2-4-8-26(24)32-17-22-15-30-22/h1-8,19-22H,9-18H2. The number of hydrogen-bond donors (Lipinski definition) is 0. The minimum absolute atomic E-state index is 0.206. The van der Waals surface area contributed by atoms with E-state index in [1.807, 2.05) is 0 Å². The highest BCUT2D eigenvalue weighted by Gasteiger charge is 2.59. The number of hydrogen-bond acceptors (Lipinski definition) is 4. The second-order valence-electron chi connectivity index (χ2n) is 11.0. The van der Waals surface area contributed by atoms with E-state index in [4.69, 9.17) is 18.9 Å². The lowest BCUT2D eigenvalue weighted by atomic mass is 9.41. The van der Waals surface area contributed by atoms with Crippen molar-refractivity contribution in [2.24, 2.45) is 11.8 Å².